The van der Waals surface area contributed by atoms with Gasteiger partial charge >= 0.3 is 5.97 Å². The van der Waals surface area contributed by atoms with Crippen LogP contribution in [0.5, 0.6) is 0 Å². The summed E-state index contributed by atoms with van der Waals surface area (Å²) < 4.78 is 12.5. The number of hydrogen-bond donors (Lipinski definition) is 0. The van der Waals surface area contributed by atoms with Gasteiger partial charge in [-0.2, -0.15) is 0 Å². The number of rotatable bonds is 6. The van der Waals surface area contributed by atoms with Gasteiger partial charge < -0.3 is 14.0 Å². The van der Waals surface area contributed by atoms with Crippen molar-refractivity contribution in [3.63, 3.8) is 0 Å². The number of carbonyl (C=O) groups is 1. The number of carbonyl (C=O) groups excluding carboxylic acids is 1. The lowest BCUT2D eigenvalue weighted by Crippen LogP contribution is -2.18. The zero-order chi connectivity index (χ0) is 13.9. The van der Waals surface area contributed by atoms with Gasteiger partial charge in [0.05, 0.1) is 25.5 Å². The topological polar surface area (TPSA) is 66.2 Å². The Labute approximate surface area is 122 Å². The van der Waals surface area contributed by atoms with Crippen LogP contribution in [0.25, 0.3) is 0 Å². The first kappa shape index (κ1) is 13.9. The summed E-state index contributed by atoms with van der Waals surface area (Å²) in [6, 6.07) is 0. The number of thioether (sulfide) groups is 1. The van der Waals surface area contributed by atoms with Crippen LogP contribution < -0.4 is 0 Å². The van der Waals surface area contributed by atoms with Crippen molar-refractivity contribution in [1.29, 1.82) is 0 Å². The van der Waals surface area contributed by atoms with Crippen LogP contribution in [0.15, 0.2) is 5.16 Å². The molecule has 1 saturated heterocycles. The first-order valence-corrected chi connectivity index (χ1v) is 8.01. The lowest BCUT2D eigenvalue weighted by molar-refractivity contribution is -0.137. The molecule has 6 nitrogen and oxygen atoms in total. The summed E-state index contributed by atoms with van der Waals surface area (Å²) in [6.07, 6.45) is 4.83. The molecule has 110 valence electrons. The van der Waals surface area contributed by atoms with Crippen molar-refractivity contribution < 1.29 is 14.3 Å². The van der Waals surface area contributed by atoms with Gasteiger partial charge in [-0.1, -0.05) is 11.8 Å². The maximum atomic E-state index is 11.3. The molecule has 1 aliphatic carbocycles. The fourth-order valence-electron chi connectivity index (χ4n) is 2.40. The van der Waals surface area contributed by atoms with Crippen molar-refractivity contribution in [2.45, 2.75) is 49.4 Å². The van der Waals surface area contributed by atoms with Gasteiger partial charge in [0, 0.05) is 12.5 Å². The van der Waals surface area contributed by atoms with E-state index in [-0.39, 0.29) is 17.8 Å². The van der Waals surface area contributed by atoms with Gasteiger partial charge in [-0.15, -0.1) is 10.2 Å². The van der Waals surface area contributed by atoms with Crippen LogP contribution in [0.4, 0.5) is 0 Å². The molecule has 3 rings (SSSR count). The Morgan fingerprint density at radius 2 is 2.30 bits per heavy atom. The molecule has 0 spiro atoms. The predicted octanol–water partition coefficient (Wildman–Crippen LogP) is 1.60. The second kappa shape index (κ2) is 6.13. The van der Waals surface area contributed by atoms with Crippen LogP contribution in [0.1, 0.15) is 37.4 Å². The molecule has 0 amide bonds. The molecule has 7 heteroatoms. The van der Waals surface area contributed by atoms with E-state index in [0.29, 0.717) is 5.92 Å². The summed E-state index contributed by atoms with van der Waals surface area (Å²) in [7, 11) is 1.40. The number of esters is 1. The van der Waals surface area contributed by atoms with Crippen LogP contribution in [-0.4, -0.2) is 46.3 Å². The monoisotopic (exact) mass is 297 g/mol. The van der Waals surface area contributed by atoms with Crippen LogP contribution >= 0.6 is 11.8 Å². The highest BCUT2D eigenvalue weighted by Crippen LogP contribution is 2.40. The van der Waals surface area contributed by atoms with Crippen molar-refractivity contribution in [3.05, 3.63) is 5.82 Å². The smallest absolute Gasteiger partial charge is 0.316 e. The molecule has 2 fully saturated rings. The van der Waals surface area contributed by atoms with Gasteiger partial charge in [0.2, 0.25) is 0 Å². The summed E-state index contributed by atoms with van der Waals surface area (Å²) in [4.78, 5) is 11.3. The highest BCUT2D eigenvalue weighted by atomic mass is 32.2. The van der Waals surface area contributed by atoms with E-state index >= 15 is 0 Å². The lowest BCUT2D eigenvalue weighted by Gasteiger charge is -2.14. The predicted molar refractivity (Wildman–Crippen MR) is 73.7 cm³/mol. The van der Waals surface area contributed by atoms with E-state index < -0.39 is 0 Å². The number of methoxy groups -OCH3 is 1. The molecule has 20 heavy (non-hydrogen) atoms. The Morgan fingerprint density at radius 1 is 1.45 bits per heavy atom. The van der Waals surface area contributed by atoms with E-state index in [9.17, 15) is 4.79 Å². The van der Waals surface area contributed by atoms with E-state index in [4.69, 9.17) is 4.74 Å². The SMILES string of the molecule is COC(=O)CSc1nnc(C2CC2)n1C[C@@H]1CCCO1. The lowest BCUT2D eigenvalue weighted by atomic mass is 10.2. The second-order valence-corrected chi connectivity index (χ2v) is 6.17. The van der Waals surface area contributed by atoms with Gasteiger partial charge in [-0.05, 0) is 25.7 Å². The zero-order valence-electron chi connectivity index (χ0n) is 11.6. The summed E-state index contributed by atoms with van der Waals surface area (Å²) in [5, 5.41) is 9.35. The standard InChI is InChI=1S/C13H19N3O3S/c1-18-11(17)8-20-13-15-14-12(9-4-5-9)16(13)7-10-3-2-6-19-10/h9-10H,2-8H2,1H3/t10-/m0/s1. The van der Waals surface area contributed by atoms with Crippen LogP contribution in [0.2, 0.25) is 0 Å². The van der Waals surface area contributed by atoms with E-state index in [2.05, 4.69) is 19.5 Å². The number of aromatic nitrogens is 3. The van der Waals surface area contributed by atoms with Crippen molar-refractivity contribution in [2.24, 2.45) is 0 Å². The Morgan fingerprint density at radius 3 is 2.95 bits per heavy atom. The Hall–Kier alpha value is -1.08. The molecule has 1 saturated carbocycles. The molecule has 0 bridgehead atoms. The molecule has 0 N–H and O–H groups in total. The van der Waals surface area contributed by atoms with E-state index in [1.165, 1.54) is 31.7 Å². The van der Waals surface area contributed by atoms with E-state index in [0.717, 1.165) is 37.0 Å². The molecule has 1 aliphatic heterocycles. The molecular weight excluding hydrogens is 278 g/mol. The summed E-state index contributed by atoms with van der Waals surface area (Å²) in [6.45, 7) is 1.64. The summed E-state index contributed by atoms with van der Waals surface area (Å²) in [5.74, 6) is 1.61. The van der Waals surface area contributed by atoms with Gasteiger partial charge in [0.1, 0.15) is 5.82 Å². The quantitative estimate of drug-likeness (QED) is 0.587. The van der Waals surface area contributed by atoms with E-state index in [1.807, 2.05) is 0 Å². The average molecular weight is 297 g/mol. The third-order valence-corrected chi connectivity index (χ3v) is 4.59. The minimum absolute atomic E-state index is 0.241. The number of nitrogens with zero attached hydrogens (tertiary/aromatic N) is 3. The normalized spacial score (nSPS) is 22.1. The second-order valence-electron chi connectivity index (χ2n) is 5.23. The largest absolute Gasteiger partial charge is 0.468 e. The van der Waals surface area contributed by atoms with Crippen molar-refractivity contribution in [2.75, 3.05) is 19.5 Å². The van der Waals surface area contributed by atoms with Gasteiger partial charge in [-0.3, -0.25) is 4.79 Å². The molecule has 1 aromatic heterocycles. The maximum absolute atomic E-state index is 11.3. The highest BCUT2D eigenvalue weighted by molar-refractivity contribution is 7.99. The van der Waals surface area contributed by atoms with Crippen LogP contribution in [0, 0.1) is 0 Å². The minimum atomic E-state index is -0.241. The van der Waals surface area contributed by atoms with Crippen molar-refractivity contribution in [3.8, 4) is 0 Å². The Bertz CT molecular complexity index is 481. The molecule has 1 atom stereocenters. The Balaban J connectivity index is 1.72. The van der Waals surface area contributed by atoms with Crippen LogP contribution in [0.3, 0.4) is 0 Å². The molecular formula is C13H19N3O3S. The van der Waals surface area contributed by atoms with Gasteiger partial charge in [0.15, 0.2) is 5.16 Å². The average Bonchev–Trinajstić information content (AvgIpc) is 3.03. The summed E-state index contributed by atoms with van der Waals surface area (Å²) in [5.41, 5.74) is 0. The fourth-order valence-corrected chi connectivity index (χ4v) is 3.18. The van der Waals surface area contributed by atoms with Crippen molar-refractivity contribution >= 4 is 17.7 Å². The molecule has 2 heterocycles. The van der Waals surface area contributed by atoms with Crippen LogP contribution in [-0.2, 0) is 20.8 Å². The third-order valence-electron chi connectivity index (χ3n) is 3.64. The maximum Gasteiger partial charge on any atom is 0.316 e. The van der Waals surface area contributed by atoms with Gasteiger partial charge in [0.25, 0.3) is 0 Å². The minimum Gasteiger partial charge on any atom is -0.468 e. The van der Waals surface area contributed by atoms with E-state index in [1.54, 1.807) is 0 Å². The molecule has 0 unspecified atom stereocenters. The number of hydrogen-bond acceptors (Lipinski definition) is 6. The highest BCUT2D eigenvalue weighted by Gasteiger charge is 2.31. The molecule has 2 aliphatic rings. The fraction of sp³-hybridized carbons (Fsp3) is 0.769. The zero-order valence-corrected chi connectivity index (χ0v) is 12.4. The first-order valence-electron chi connectivity index (χ1n) is 7.02. The first-order chi connectivity index (χ1) is 9.78. The van der Waals surface area contributed by atoms with Gasteiger partial charge in [-0.25, -0.2) is 0 Å². The molecule has 0 radical (unpaired) electrons. The molecule has 1 aromatic rings. The number of ether oxygens (including phenoxy) is 2. The third kappa shape index (κ3) is 3.15. The Kier molecular flexibility index (Phi) is 4.26. The molecule has 0 aromatic carbocycles. The summed E-state index contributed by atoms with van der Waals surface area (Å²) >= 11 is 1.39. The van der Waals surface area contributed by atoms with Crippen molar-refractivity contribution in [1.82, 2.24) is 14.8 Å².